The van der Waals surface area contributed by atoms with E-state index in [1.54, 1.807) is 10.9 Å². The van der Waals surface area contributed by atoms with Gasteiger partial charge in [0.15, 0.2) is 11.6 Å². The van der Waals surface area contributed by atoms with Crippen molar-refractivity contribution in [2.45, 2.75) is 0 Å². The molecule has 0 unspecified atom stereocenters. The molecule has 3 aromatic rings. The molecule has 0 saturated heterocycles. The fraction of sp³-hybridized carbons (Fsp3) is 0.0833. The summed E-state index contributed by atoms with van der Waals surface area (Å²) in [5.74, 6) is 1.86. The molecule has 0 fully saturated rings. The van der Waals surface area contributed by atoms with Crippen LogP contribution in [-0.2, 0) is 7.05 Å². The molecule has 2 aromatic heterocycles. The van der Waals surface area contributed by atoms with Gasteiger partial charge in [0.1, 0.15) is 5.82 Å². The van der Waals surface area contributed by atoms with E-state index in [-0.39, 0.29) is 0 Å². The van der Waals surface area contributed by atoms with E-state index >= 15 is 0 Å². The summed E-state index contributed by atoms with van der Waals surface area (Å²) in [5.41, 5.74) is 7.52. The molecule has 3 rings (SSSR count). The van der Waals surface area contributed by atoms with Crippen molar-refractivity contribution >= 4 is 5.82 Å². The lowest BCUT2D eigenvalue weighted by atomic mass is 10.2. The van der Waals surface area contributed by atoms with E-state index in [1.807, 2.05) is 37.4 Å². The van der Waals surface area contributed by atoms with Gasteiger partial charge in [0.05, 0.1) is 11.8 Å². The fourth-order valence-electron chi connectivity index (χ4n) is 1.80. The van der Waals surface area contributed by atoms with Crippen molar-refractivity contribution in [1.82, 2.24) is 25.0 Å². The Kier molecular flexibility index (Phi) is 2.33. The number of aryl methyl sites for hydroxylation is 1. The first-order valence-electron chi connectivity index (χ1n) is 5.51. The molecule has 6 nitrogen and oxygen atoms in total. The summed E-state index contributed by atoms with van der Waals surface area (Å²) in [7, 11) is 1.83. The van der Waals surface area contributed by atoms with Crippen molar-refractivity contribution in [3.8, 4) is 22.8 Å². The van der Waals surface area contributed by atoms with Gasteiger partial charge in [-0.15, -0.1) is 0 Å². The van der Waals surface area contributed by atoms with Gasteiger partial charge in [0.25, 0.3) is 0 Å². The van der Waals surface area contributed by atoms with Crippen molar-refractivity contribution in [3.05, 3.63) is 36.5 Å². The summed E-state index contributed by atoms with van der Waals surface area (Å²) >= 11 is 0. The summed E-state index contributed by atoms with van der Waals surface area (Å²) in [6.07, 6.45) is 1.65. The minimum Gasteiger partial charge on any atom is -0.383 e. The van der Waals surface area contributed by atoms with Crippen LogP contribution in [0.2, 0.25) is 0 Å². The molecule has 0 radical (unpaired) electrons. The maximum absolute atomic E-state index is 5.79. The summed E-state index contributed by atoms with van der Waals surface area (Å²) in [5, 5.41) is 11.0. The number of hydrogen-bond donors (Lipinski definition) is 2. The first-order chi connectivity index (χ1) is 8.75. The summed E-state index contributed by atoms with van der Waals surface area (Å²) in [6, 6.07) is 9.81. The van der Waals surface area contributed by atoms with Gasteiger partial charge in [0, 0.05) is 12.6 Å². The van der Waals surface area contributed by atoms with Gasteiger partial charge >= 0.3 is 0 Å². The third-order valence-corrected chi connectivity index (χ3v) is 2.70. The van der Waals surface area contributed by atoms with Crippen LogP contribution < -0.4 is 5.73 Å². The number of anilines is 1. The van der Waals surface area contributed by atoms with Gasteiger partial charge in [-0.1, -0.05) is 30.3 Å². The number of benzene rings is 1. The van der Waals surface area contributed by atoms with Crippen LogP contribution in [0.25, 0.3) is 22.8 Å². The summed E-state index contributed by atoms with van der Waals surface area (Å²) in [4.78, 5) is 4.50. The van der Waals surface area contributed by atoms with Crippen LogP contribution in [0, 0.1) is 0 Å². The molecule has 0 aliphatic heterocycles. The predicted octanol–water partition coefficient (Wildman–Crippen LogP) is 1.45. The lowest BCUT2D eigenvalue weighted by Gasteiger charge is -1.95. The third kappa shape index (κ3) is 1.64. The molecule has 0 aliphatic rings. The number of nitrogens with one attached hydrogen (secondary N) is 1. The number of nitrogen functional groups attached to an aromatic ring is 1. The fourth-order valence-corrected chi connectivity index (χ4v) is 1.80. The number of aromatic amines is 1. The molecule has 1 aromatic carbocycles. The third-order valence-electron chi connectivity index (χ3n) is 2.70. The first-order valence-corrected chi connectivity index (χ1v) is 5.51. The predicted molar refractivity (Wildman–Crippen MR) is 68.4 cm³/mol. The normalized spacial score (nSPS) is 10.7. The van der Waals surface area contributed by atoms with Crippen molar-refractivity contribution in [2.75, 3.05) is 5.73 Å². The summed E-state index contributed by atoms with van der Waals surface area (Å²) < 4.78 is 1.70. The van der Waals surface area contributed by atoms with E-state index < -0.39 is 0 Å². The molecule has 0 amide bonds. The second-order valence-corrected chi connectivity index (χ2v) is 3.95. The molecule has 0 atom stereocenters. The zero-order valence-corrected chi connectivity index (χ0v) is 9.83. The molecule has 18 heavy (non-hydrogen) atoms. The Labute approximate surface area is 103 Å². The zero-order chi connectivity index (χ0) is 12.5. The van der Waals surface area contributed by atoms with E-state index in [9.17, 15) is 0 Å². The highest BCUT2D eigenvalue weighted by Crippen LogP contribution is 2.24. The molecular formula is C12H12N6. The quantitative estimate of drug-likeness (QED) is 0.710. The van der Waals surface area contributed by atoms with Crippen LogP contribution in [0.15, 0.2) is 36.5 Å². The first kappa shape index (κ1) is 10.5. The van der Waals surface area contributed by atoms with Gasteiger partial charge in [0.2, 0.25) is 0 Å². The number of H-pyrrole nitrogens is 1. The Balaban J connectivity index is 2.10. The second kappa shape index (κ2) is 3.99. The number of rotatable bonds is 2. The monoisotopic (exact) mass is 240 g/mol. The average molecular weight is 240 g/mol. The number of nitrogens with zero attached hydrogens (tertiary/aromatic N) is 4. The van der Waals surface area contributed by atoms with Gasteiger partial charge in [-0.05, 0) is 0 Å². The standard InChI is InChI=1S/C12H12N6/c1-18-12(9-7-14-16-10(9)13)15-11(17-18)8-5-3-2-4-6-8/h2-7H,1H3,(H3,13,14,16). The largest absolute Gasteiger partial charge is 0.383 e. The van der Waals surface area contributed by atoms with Gasteiger partial charge < -0.3 is 5.73 Å². The lowest BCUT2D eigenvalue weighted by Crippen LogP contribution is -1.96. The Bertz CT molecular complexity index is 667. The van der Waals surface area contributed by atoms with Crippen molar-refractivity contribution in [1.29, 1.82) is 0 Å². The van der Waals surface area contributed by atoms with E-state index in [1.165, 1.54) is 0 Å². The van der Waals surface area contributed by atoms with E-state index in [2.05, 4.69) is 20.3 Å². The van der Waals surface area contributed by atoms with Gasteiger partial charge in [-0.3, -0.25) is 5.10 Å². The molecular weight excluding hydrogens is 228 g/mol. The number of hydrogen-bond acceptors (Lipinski definition) is 4. The highest BCUT2D eigenvalue weighted by atomic mass is 15.3. The Hall–Kier alpha value is -2.63. The minimum absolute atomic E-state index is 0.491. The van der Waals surface area contributed by atoms with Crippen molar-refractivity contribution in [2.24, 2.45) is 7.05 Å². The molecule has 6 heteroatoms. The Morgan fingerprint density at radius 1 is 1.22 bits per heavy atom. The van der Waals surface area contributed by atoms with Crippen LogP contribution in [-0.4, -0.2) is 25.0 Å². The smallest absolute Gasteiger partial charge is 0.181 e. The molecule has 0 aliphatic carbocycles. The maximum Gasteiger partial charge on any atom is 0.181 e. The average Bonchev–Trinajstić information content (AvgIpc) is 2.96. The van der Waals surface area contributed by atoms with Gasteiger partial charge in [-0.25, -0.2) is 9.67 Å². The molecule has 0 bridgehead atoms. The Morgan fingerprint density at radius 3 is 2.67 bits per heavy atom. The minimum atomic E-state index is 0.491. The van der Waals surface area contributed by atoms with E-state index in [4.69, 9.17) is 5.73 Å². The molecule has 90 valence electrons. The van der Waals surface area contributed by atoms with Crippen molar-refractivity contribution in [3.63, 3.8) is 0 Å². The van der Waals surface area contributed by atoms with Crippen LogP contribution in [0.3, 0.4) is 0 Å². The van der Waals surface area contributed by atoms with Gasteiger partial charge in [-0.2, -0.15) is 10.2 Å². The van der Waals surface area contributed by atoms with Crippen LogP contribution >= 0.6 is 0 Å². The van der Waals surface area contributed by atoms with Crippen LogP contribution in [0.4, 0.5) is 5.82 Å². The van der Waals surface area contributed by atoms with Crippen LogP contribution in [0.5, 0.6) is 0 Å². The highest BCUT2D eigenvalue weighted by Gasteiger charge is 2.14. The topological polar surface area (TPSA) is 85.4 Å². The SMILES string of the molecule is Cn1nc(-c2ccccc2)nc1-c1cn[nH]c1N. The van der Waals surface area contributed by atoms with E-state index in [0.29, 0.717) is 17.5 Å². The summed E-state index contributed by atoms with van der Waals surface area (Å²) in [6.45, 7) is 0. The Morgan fingerprint density at radius 2 is 2.00 bits per heavy atom. The molecule has 2 heterocycles. The van der Waals surface area contributed by atoms with E-state index in [0.717, 1.165) is 11.1 Å². The molecule has 3 N–H and O–H groups in total. The maximum atomic E-state index is 5.79. The van der Waals surface area contributed by atoms with Crippen molar-refractivity contribution < 1.29 is 0 Å². The molecule has 0 spiro atoms. The second-order valence-electron chi connectivity index (χ2n) is 3.95. The van der Waals surface area contributed by atoms with Crippen LogP contribution in [0.1, 0.15) is 0 Å². The number of aromatic nitrogens is 5. The number of nitrogens with two attached hydrogens (primary N) is 1. The lowest BCUT2D eigenvalue weighted by molar-refractivity contribution is 0.777. The molecule has 0 saturated carbocycles. The zero-order valence-electron chi connectivity index (χ0n) is 9.83. The highest BCUT2D eigenvalue weighted by molar-refractivity contribution is 5.69.